The fourth-order valence-corrected chi connectivity index (χ4v) is 1.83. The van der Waals surface area contributed by atoms with E-state index in [0.717, 1.165) is 11.8 Å². The van der Waals surface area contributed by atoms with Gasteiger partial charge in [0.25, 0.3) is 0 Å². The summed E-state index contributed by atoms with van der Waals surface area (Å²) < 4.78 is 39.0. The third-order valence-corrected chi connectivity index (χ3v) is 2.88. The molecule has 0 bridgehead atoms. The number of hydrogen-bond donors (Lipinski definition) is 0. The van der Waals surface area contributed by atoms with Gasteiger partial charge in [-0.3, -0.25) is 9.97 Å². The molecule has 0 atom stereocenters. The first-order chi connectivity index (χ1) is 10.0. The highest BCUT2D eigenvalue weighted by molar-refractivity contribution is 5.61. The normalized spacial score (nSPS) is 11.6. The molecular weight excluding hydrogens is 281 g/mol. The third-order valence-electron chi connectivity index (χ3n) is 2.88. The molecule has 21 heavy (non-hydrogen) atoms. The van der Waals surface area contributed by atoms with E-state index in [2.05, 4.69) is 15.1 Å². The minimum atomic E-state index is -4.43. The minimum absolute atomic E-state index is 0.568. The van der Waals surface area contributed by atoms with E-state index in [0.29, 0.717) is 11.1 Å². The molecule has 0 radical (unpaired) electrons. The molecule has 0 aliphatic carbocycles. The number of halogens is 3. The van der Waals surface area contributed by atoms with Gasteiger partial charge in [-0.2, -0.15) is 18.3 Å². The van der Waals surface area contributed by atoms with Gasteiger partial charge >= 0.3 is 6.18 Å². The molecule has 0 aromatic carbocycles. The Bertz CT molecular complexity index is 733. The van der Waals surface area contributed by atoms with Crippen LogP contribution in [0.4, 0.5) is 13.2 Å². The first kappa shape index (κ1) is 13.3. The lowest BCUT2D eigenvalue weighted by atomic mass is 10.1. The molecular formula is C14H9F3N4. The molecule has 3 aromatic heterocycles. The molecule has 3 heterocycles. The van der Waals surface area contributed by atoms with Crippen LogP contribution in [0.15, 0.2) is 55.2 Å². The number of nitrogens with zero attached hydrogens (tertiary/aromatic N) is 4. The van der Waals surface area contributed by atoms with E-state index in [-0.39, 0.29) is 0 Å². The summed E-state index contributed by atoms with van der Waals surface area (Å²) in [5.41, 5.74) is 1.10. The number of alkyl halides is 3. The highest BCUT2D eigenvalue weighted by Crippen LogP contribution is 2.28. The molecule has 0 spiro atoms. The van der Waals surface area contributed by atoms with Gasteiger partial charge in [-0.05, 0) is 18.2 Å². The maximum absolute atomic E-state index is 12.5. The Kier molecular flexibility index (Phi) is 3.17. The number of pyridine rings is 2. The molecule has 0 aliphatic rings. The first-order valence-corrected chi connectivity index (χ1v) is 6.03. The minimum Gasteiger partial charge on any atom is -0.262 e. The van der Waals surface area contributed by atoms with Crippen molar-refractivity contribution in [2.45, 2.75) is 6.18 Å². The van der Waals surface area contributed by atoms with Crippen LogP contribution in [0.3, 0.4) is 0 Å². The van der Waals surface area contributed by atoms with E-state index in [1.54, 1.807) is 35.5 Å². The van der Waals surface area contributed by atoms with Gasteiger partial charge < -0.3 is 0 Å². The smallest absolute Gasteiger partial charge is 0.262 e. The largest absolute Gasteiger partial charge is 0.433 e. The van der Waals surface area contributed by atoms with E-state index < -0.39 is 11.9 Å². The van der Waals surface area contributed by atoms with Crippen LogP contribution in [0.25, 0.3) is 16.8 Å². The molecule has 3 aromatic rings. The van der Waals surface area contributed by atoms with Crippen molar-refractivity contribution in [1.29, 1.82) is 0 Å². The lowest BCUT2D eigenvalue weighted by Crippen LogP contribution is -2.07. The molecule has 4 nitrogen and oxygen atoms in total. The summed E-state index contributed by atoms with van der Waals surface area (Å²) >= 11 is 0. The van der Waals surface area contributed by atoms with E-state index in [1.807, 2.05) is 6.07 Å². The maximum Gasteiger partial charge on any atom is 0.433 e. The third kappa shape index (κ3) is 2.76. The molecule has 106 valence electrons. The van der Waals surface area contributed by atoms with Crippen LogP contribution in [0.2, 0.25) is 0 Å². The standard InChI is InChI=1S/C14H9F3N4/c15-14(16,17)13-4-3-10(6-19-13)11-7-20-21(9-11)12-2-1-5-18-8-12/h1-9H. The number of hydrogen-bond acceptors (Lipinski definition) is 3. The van der Waals surface area contributed by atoms with Crippen LogP contribution in [-0.4, -0.2) is 19.7 Å². The Balaban J connectivity index is 1.90. The van der Waals surface area contributed by atoms with Crippen molar-refractivity contribution < 1.29 is 13.2 Å². The summed E-state index contributed by atoms with van der Waals surface area (Å²) in [5, 5.41) is 4.16. The van der Waals surface area contributed by atoms with Crippen LogP contribution in [0.5, 0.6) is 0 Å². The van der Waals surface area contributed by atoms with Crippen molar-refractivity contribution >= 4 is 0 Å². The van der Waals surface area contributed by atoms with Crippen LogP contribution in [0.1, 0.15) is 5.69 Å². The van der Waals surface area contributed by atoms with Gasteiger partial charge in [-0.25, -0.2) is 4.68 Å². The second kappa shape index (κ2) is 5.01. The summed E-state index contributed by atoms with van der Waals surface area (Å²) in [6.07, 6.45) is 3.32. The SMILES string of the molecule is FC(F)(F)c1ccc(-c2cnn(-c3cccnc3)c2)cn1. The van der Waals surface area contributed by atoms with Gasteiger partial charge in [0.2, 0.25) is 0 Å². The Morgan fingerprint density at radius 1 is 0.952 bits per heavy atom. The molecule has 0 aliphatic heterocycles. The lowest BCUT2D eigenvalue weighted by Gasteiger charge is -2.05. The average molecular weight is 290 g/mol. The topological polar surface area (TPSA) is 43.6 Å². The quantitative estimate of drug-likeness (QED) is 0.727. The Hall–Kier alpha value is -2.70. The van der Waals surface area contributed by atoms with Gasteiger partial charge in [-0.15, -0.1) is 0 Å². The highest BCUT2D eigenvalue weighted by Gasteiger charge is 2.32. The highest BCUT2D eigenvalue weighted by atomic mass is 19.4. The predicted octanol–water partition coefficient (Wildman–Crippen LogP) is 3.35. The molecule has 0 N–H and O–H groups in total. The van der Waals surface area contributed by atoms with Crippen molar-refractivity contribution in [1.82, 2.24) is 19.7 Å². The van der Waals surface area contributed by atoms with Crippen molar-refractivity contribution in [3.8, 4) is 16.8 Å². The second-order valence-corrected chi connectivity index (χ2v) is 4.31. The van der Waals surface area contributed by atoms with Crippen LogP contribution >= 0.6 is 0 Å². The van der Waals surface area contributed by atoms with E-state index in [4.69, 9.17) is 0 Å². The number of aromatic nitrogens is 4. The summed E-state index contributed by atoms with van der Waals surface area (Å²) in [5.74, 6) is 0. The molecule has 7 heteroatoms. The molecule has 0 unspecified atom stereocenters. The zero-order valence-electron chi connectivity index (χ0n) is 10.6. The van der Waals surface area contributed by atoms with Crippen molar-refractivity contribution in [3.63, 3.8) is 0 Å². The van der Waals surface area contributed by atoms with Gasteiger partial charge in [0.15, 0.2) is 0 Å². The molecule has 0 saturated carbocycles. The molecule has 0 fully saturated rings. The van der Waals surface area contributed by atoms with E-state index in [1.165, 1.54) is 12.3 Å². The maximum atomic E-state index is 12.5. The first-order valence-electron chi connectivity index (χ1n) is 6.03. The Morgan fingerprint density at radius 3 is 2.43 bits per heavy atom. The summed E-state index contributed by atoms with van der Waals surface area (Å²) in [6, 6.07) is 5.93. The summed E-state index contributed by atoms with van der Waals surface area (Å²) in [7, 11) is 0. The van der Waals surface area contributed by atoms with Crippen molar-refractivity contribution in [2.24, 2.45) is 0 Å². The van der Waals surface area contributed by atoms with Crippen LogP contribution < -0.4 is 0 Å². The van der Waals surface area contributed by atoms with Gasteiger partial charge in [0, 0.05) is 29.7 Å². The zero-order valence-corrected chi connectivity index (χ0v) is 10.6. The molecule has 0 saturated heterocycles. The Labute approximate surface area is 117 Å². The average Bonchev–Trinajstić information content (AvgIpc) is 2.97. The lowest BCUT2D eigenvalue weighted by molar-refractivity contribution is -0.141. The second-order valence-electron chi connectivity index (χ2n) is 4.31. The van der Waals surface area contributed by atoms with E-state index >= 15 is 0 Å². The van der Waals surface area contributed by atoms with Crippen LogP contribution in [0, 0.1) is 0 Å². The molecule has 0 amide bonds. The fraction of sp³-hybridized carbons (Fsp3) is 0.0714. The van der Waals surface area contributed by atoms with Gasteiger partial charge in [0.05, 0.1) is 18.1 Å². The monoisotopic (exact) mass is 290 g/mol. The van der Waals surface area contributed by atoms with Gasteiger partial charge in [0.1, 0.15) is 5.69 Å². The van der Waals surface area contributed by atoms with Crippen molar-refractivity contribution in [3.05, 3.63) is 60.9 Å². The predicted molar refractivity (Wildman–Crippen MR) is 69.6 cm³/mol. The zero-order chi connectivity index (χ0) is 14.9. The van der Waals surface area contributed by atoms with E-state index in [9.17, 15) is 13.2 Å². The van der Waals surface area contributed by atoms with Crippen LogP contribution in [-0.2, 0) is 6.18 Å². The van der Waals surface area contributed by atoms with Crippen molar-refractivity contribution in [2.75, 3.05) is 0 Å². The summed E-state index contributed by atoms with van der Waals surface area (Å²) in [4.78, 5) is 7.42. The Morgan fingerprint density at radius 2 is 1.81 bits per heavy atom. The summed E-state index contributed by atoms with van der Waals surface area (Å²) in [6.45, 7) is 0. The molecule has 3 rings (SSSR count). The number of rotatable bonds is 2. The van der Waals surface area contributed by atoms with Gasteiger partial charge in [-0.1, -0.05) is 6.07 Å². The fourth-order valence-electron chi connectivity index (χ4n) is 1.83.